The lowest BCUT2D eigenvalue weighted by molar-refractivity contribution is -0.137. The van der Waals surface area contributed by atoms with Gasteiger partial charge in [0.05, 0.1) is 13.2 Å². The van der Waals surface area contributed by atoms with Crippen molar-refractivity contribution in [1.82, 2.24) is 10.2 Å². The van der Waals surface area contributed by atoms with E-state index in [0.717, 1.165) is 54.5 Å². The van der Waals surface area contributed by atoms with Crippen LogP contribution < -0.4 is 4.74 Å². The molecule has 208 valence electrons. The van der Waals surface area contributed by atoms with E-state index in [4.69, 9.17) is 13.9 Å². The van der Waals surface area contributed by atoms with Gasteiger partial charge in [-0.2, -0.15) is 0 Å². The van der Waals surface area contributed by atoms with E-state index in [9.17, 15) is 4.79 Å². The number of esters is 1. The maximum atomic E-state index is 11.0. The molecule has 4 aromatic rings. The molecule has 0 amide bonds. The maximum absolute atomic E-state index is 11.0. The quantitative estimate of drug-likeness (QED) is 0.0809. The lowest BCUT2D eigenvalue weighted by Crippen LogP contribution is -2.02. The summed E-state index contributed by atoms with van der Waals surface area (Å²) in [6.07, 6.45) is 9.88. The van der Waals surface area contributed by atoms with Gasteiger partial charge >= 0.3 is 5.97 Å². The van der Waals surface area contributed by atoms with E-state index in [1.807, 2.05) is 36.4 Å². The van der Waals surface area contributed by atoms with Crippen molar-refractivity contribution in [2.45, 2.75) is 58.3 Å². The van der Waals surface area contributed by atoms with Gasteiger partial charge < -0.3 is 13.9 Å². The van der Waals surface area contributed by atoms with Crippen LogP contribution >= 0.6 is 0 Å². The Morgan fingerprint density at radius 1 is 0.725 bits per heavy atom. The fourth-order valence-corrected chi connectivity index (χ4v) is 4.38. The lowest BCUT2D eigenvalue weighted by Gasteiger charge is -2.06. The molecule has 0 atom stereocenters. The standard InChI is InChI=1S/C34H38N2O4/c1-3-5-8-11-26-12-14-27(15-13-26)28-16-18-29(19-17-28)33-35-36-34(40-33)30-20-22-31(23-21-30)38-24-9-6-7-10-25-39-32(37)4-2/h4,12-23H,2-3,5-11,24-25H2,1H3. The molecule has 6 heteroatoms. The van der Waals surface area contributed by atoms with Gasteiger partial charge in [0, 0.05) is 17.2 Å². The van der Waals surface area contributed by atoms with Gasteiger partial charge in [-0.15, -0.1) is 10.2 Å². The van der Waals surface area contributed by atoms with Crippen molar-refractivity contribution in [2.75, 3.05) is 13.2 Å². The minimum atomic E-state index is -0.368. The normalized spacial score (nSPS) is 10.8. The molecular weight excluding hydrogens is 500 g/mol. The molecule has 0 unspecified atom stereocenters. The number of benzene rings is 3. The molecule has 0 aliphatic rings. The smallest absolute Gasteiger partial charge is 0.330 e. The average Bonchev–Trinajstić information content (AvgIpc) is 3.50. The lowest BCUT2D eigenvalue weighted by atomic mass is 10.0. The molecule has 0 saturated carbocycles. The van der Waals surface area contributed by atoms with Crippen LogP contribution in [0.25, 0.3) is 34.0 Å². The summed E-state index contributed by atoms with van der Waals surface area (Å²) in [5, 5.41) is 8.51. The molecule has 1 aromatic heterocycles. The molecule has 0 bridgehead atoms. The number of aromatic nitrogens is 2. The van der Waals surface area contributed by atoms with Crippen molar-refractivity contribution >= 4 is 5.97 Å². The highest BCUT2D eigenvalue weighted by Crippen LogP contribution is 2.28. The highest BCUT2D eigenvalue weighted by atomic mass is 16.5. The highest BCUT2D eigenvalue weighted by Gasteiger charge is 2.11. The van der Waals surface area contributed by atoms with E-state index < -0.39 is 0 Å². The Kier molecular flexibility index (Phi) is 11.1. The van der Waals surface area contributed by atoms with Gasteiger partial charge in [0.25, 0.3) is 0 Å². The van der Waals surface area contributed by atoms with Gasteiger partial charge in [0.15, 0.2) is 0 Å². The van der Waals surface area contributed by atoms with E-state index in [2.05, 4.69) is 60.1 Å². The number of aryl methyl sites for hydroxylation is 1. The summed E-state index contributed by atoms with van der Waals surface area (Å²) in [7, 11) is 0. The zero-order valence-corrected chi connectivity index (χ0v) is 23.3. The van der Waals surface area contributed by atoms with Crippen LogP contribution in [-0.4, -0.2) is 29.4 Å². The Bertz CT molecular complexity index is 1330. The SMILES string of the molecule is C=CC(=O)OCCCCCCOc1ccc(-c2nnc(-c3ccc(-c4ccc(CCCCC)cc4)cc3)o2)cc1. The third-order valence-corrected chi connectivity index (χ3v) is 6.73. The number of rotatable bonds is 16. The Morgan fingerprint density at radius 3 is 1.88 bits per heavy atom. The summed E-state index contributed by atoms with van der Waals surface area (Å²) >= 11 is 0. The van der Waals surface area contributed by atoms with Crippen molar-refractivity contribution in [3.05, 3.63) is 91.0 Å². The van der Waals surface area contributed by atoms with Gasteiger partial charge in [-0.25, -0.2) is 4.79 Å². The number of hydrogen-bond acceptors (Lipinski definition) is 6. The second kappa shape index (κ2) is 15.4. The fourth-order valence-electron chi connectivity index (χ4n) is 4.38. The maximum Gasteiger partial charge on any atom is 0.330 e. The van der Waals surface area contributed by atoms with Crippen LogP contribution in [0.1, 0.15) is 57.4 Å². The molecule has 40 heavy (non-hydrogen) atoms. The van der Waals surface area contributed by atoms with Crippen molar-refractivity contribution < 1.29 is 18.7 Å². The number of ether oxygens (including phenoxy) is 2. The van der Waals surface area contributed by atoms with Crippen LogP contribution in [0.3, 0.4) is 0 Å². The van der Waals surface area contributed by atoms with E-state index in [0.29, 0.717) is 25.0 Å². The van der Waals surface area contributed by atoms with E-state index in [1.54, 1.807) is 0 Å². The molecule has 0 spiro atoms. The number of carbonyl (C=O) groups excluding carboxylic acids is 1. The second-order valence-corrected chi connectivity index (χ2v) is 9.80. The monoisotopic (exact) mass is 538 g/mol. The zero-order valence-electron chi connectivity index (χ0n) is 23.3. The van der Waals surface area contributed by atoms with E-state index in [1.165, 1.54) is 36.5 Å². The minimum Gasteiger partial charge on any atom is -0.494 e. The Hall–Kier alpha value is -4.19. The molecule has 0 N–H and O–H groups in total. The molecule has 0 aliphatic heterocycles. The van der Waals surface area contributed by atoms with Crippen molar-refractivity contribution in [2.24, 2.45) is 0 Å². The molecule has 0 saturated heterocycles. The number of hydrogen-bond donors (Lipinski definition) is 0. The largest absolute Gasteiger partial charge is 0.494 e. The van der Waals surface area contributed by atoms with Crippen LogP contribution in [0.2, 0.25) is 0 Å². The van der Waals surface area contributed by atoms with Crippen LogP contribution in [0.15, 0.2) is 89.9 Å². The summed E-state index contributed by atoms with van der Waals surface area (Å²) in [6.45, 7) is 6.69. The van der Waals surface area contributed by atoms with Gasteiger partial charge in [-0.1, -0.05) is 62.7 Å². The summed E-state index contributed by atoms with van der Waals surface area (Å²) in [5.41, 5.74) is 5.48. The van der Waals surface area contributed by atoms with Gasteiger partial charge in [-0.05, 0) is 91.6 Å². The summed E-state index contributed by atoms with van der Waals surface area (Å²) in [5.74, 6) is 1.40. The third kappa shape index (κ3) is 8.67. The van der Waals surface area contributed by atoms with Crippen LogP contribution in [0.4, 0.5) is 0 Å². The minimum absolute atomic E-state index is 0.368. The van der Waals surface area contributed by atoms with Gasteiger partial charge in [-0.3, -0.25) is 0 Å². The molecule has 6 nitrogen and oxygen atoms in total. The number of nitrogens with zero attached hydrogens (tertiary/aromatic N) is 2. The highest BCUT2D eigenvalue weighted by molar-refractivity contribution is 5.81. The molecule has 0 aliphatic carbocycles. The molecule has 0 radical (unpaired) electrons. The predicted octanol–water partition coefficient (Wildman–Crippen LogP) is 8.47. The first kappa shape index (κ1) is 28.8. The van der Waals surface area contributed by atoms with Gasteiger partial charge in [0.1, 0.15) is 5.75 Å². The average molecular weight is 539 g/mol. The molecule has 4 rings (SSSR count). The number of unbranched alkanes of at least 4 members (excludes halogenated alkanes) is 5. The topological polar surface area (TPSA) is 74.5 Å². The molecule has 3 aromatic carbocycles. The molecule has 1 heterocycles. The second-order valence-electron chi connectivity index (χ2n) is 9.80. The zero-order chi connectivity index (χ0) is 28.0. The Balaban J connectivity index is 1.24. The van der Waals surface area contributed by atoms with Crippen molar-refractivity contribution in [3.8, 4) is 39.8 Å². The summed E-state index contributed by atoms with van der Waals surface area (Å²) in [4.78, 5) is 11.0. The van der Waals surface area contributed by atoms with Crippen molar-refractivity contribution in [1.29, 1.82) is 0 Å². The summed E-state index contributed by atoms with van der Waals surface area (Å²) < 4.78 is 16.8. The Labute approximate surface area is 237 Å². The van der Waals surface area contributed by atoms with E-state index in [-0.39, 0.29) is 5.97 Å². The first-order valence-electron chi connectivity index (χ1n) is 14.2. The molecular formula is C34H38N2O4. The van der Waals surface area contributed by atoms with Crippen molar-refractivity contribution in [3.63, 3.8) is 0 Å². The van der Waals surface area contributed by atoms with Crippen LogP contribution in [0.5, 0.6) is 5.75 Å². The fraction of sp³-hybridized carbons (Fsp3) is 0.324. The Morgan fingerprint density at radius 2 is 1.27 bits per heavy atom. The molecule has 0 fully saturated rings. The van der Waals surface area contributed by atoms with Gasteiger partial charge in [0.2, 0.25) is 11.8 Å². The predicted molar refractivity (Wildman–Crippen MR) is 159 cm³/mol. The van der Waals surface area contributed by atoms with Crippen LogP contribution in [0, 0.1) is 0 Å². The first-order valence-corrected chi connectivity index (χ1v) is 14.2. The first-order chi connectivity index (χ1) is 19.7. The number of carbonyl (C=O) groups is 1. The third-order valence-electron chi connectivity index (χ3n) is 6.73. The van der Waals surface area contributed by atoms with Crippen LogP contribution in [-0.2, 0) is 16.0 Å². The summed E-state index contributed by atoms with van der Waals surface area (Å²) in [6, 6.07) is 24.8. The van der Waals surface area contributed by atoms with E-state index >= 15 is 0 Å².